The summed E-state index contributed by atoms with van der Waals surface area (Å²) in [5, 5.41) is 10.2. The van der Waals surface area contributed by atoms with Crippen molar-refractivity contribution >= 4 is 23.9 Å². The molecule has 0 radical (unpaired) electrons. The summed E-state index contributed by atoms with van der Waals surface area (Å²) in [5.74, 6) is -2.12. The molecule has 1 unspecified atom stereocenters. The van der Waals surface area contributed by atoms with E-state index in [9.17, 15) is 24.3 Å². The van der Waals surface area contributed by atoms with Gasteiger partial charge in [0, 0.05) is 33.6 Å². The quantitative estimate of drug-likeness (QED) is 0.331. The van der Waals surface area contributed by atoms with Crippen molar-refractivity contribution < 1.29 is 52.7 Å². The molecule has 11 heteroatoms. The van der Waals surface area contributed by atoms with Crippen molar-refractivity contribution in [3.63, 3.8) is 0 Å². The zero-order valence-corrected chi connectivity index (χ0v) is 23.9. The van der Waals surface area contributed by atoms with Crippen LogP contribution in [-0.2, 0) is 49.5 Å². The van der Waals surface area contributed by atoms with Crippen LogP contribution in [0.1, 0.15) is 68.9 Å². The minimum atomic E-state index is -1.31. The van der Waals surface area contributed by atoms with Gasteiger partial charge in [-0.25, -0.2) is 0 Å². The third kappa shape index (κ3) is 8.05. The lowest BCUT2D eigenvalue weighted by molar-refractivity contribution is -0.254. The van der Waals surface area contributed by atoms with Crippen LogP contribution in [0.4, 0.5) is 0 Å². The number of ether oxygens (including phenoxy) is 6. The van der Waals surface area contributed by atoms with Gasteiger partial charge in [-0.2, -0.15) is 0 Å². The highest BCUT2D eigenvalue weighted by Crippen LogP contribution is 2.40. The number of aliphatic hydroxyl groups is 1. The molecule has 1 saturated heterocycles. The predicted octanol–water partition coefficient (Wildman–Crippen LogP) is 3.14. The van der Waals surface area contributed by atoms with Crippen LogP contribution in [0.15, 0.2) is 42.5 Å². The lowest BCUT2D eigenvalue weighted by Crippen LogP contribution is -2.59. The highest BCUT2D eigenvalue weighted by atomic mass is 16.7. The number of benzene rings is 2. The van der Waals surface area contributed by atoms with Crippen LogP contribution in [0.3, 0.4) is 0 Å². The normalized spacial score (nSPS) is 22.7. The molecule has 0 amide bonds. The maximum absolute atomic E-state index is 12.3. The van der Waals surface area contributed by atoms with Crippen molar-refractivity contribution in [2.24, 2.45) is 0 Å². The second kappa shape index (κ2) is 14.1. The molecule has 2 aromatic rings. The van der Waals surface area contributed by atoms with E-state index in [4.69, 9.17) is 28.4 Å². The summed E-state index contributed by atoms with van der Waals surface area (Å²) in [6, 6.07) is 13.0. The molecule has 0 saturated carbocycles. The molecule has 222 valence electrons. The Morgan fingerprint density at radius 3 is 1.90 bits per heavy atom. The third-order valence-corrected chi connectivity index (χ3v) is 6.75. The molecule has 1 aliphatic heterocycles. The SMILES string of the molecule is COc1ccc(C(C)c2ccc(CO)c([C@@H]3O[C@H](COC(C)=O)[C@@H](OC(C)=O)[C@H](OC(C)=O)[C@H]3OC(C)=O)c2)cc1. The van der Waals surface area contributed by atoms with Gasteiger partial charge in [-0.1, -0.05) is 37.3 Å². The Hall–Kier alpha value is -3.96. The highest BCUT2D eigenvalue weighted by Gasteiger charge is 2.53. The molecule has 3 rings (SSSR count). The lowest BCUT2D eigenvalue weighted by atomic mass is 9.85. The van der Waals surface area contributed by atoms with Crippen molar-refractivity contribution in [1.82, 2.24) is 0 Å². The van der Waals surface area contributed by atoms with Gasteiger partial charge in [0.25, 0.3) is 0 Å². The van der Waals surface area contributed by atoms with Gasteiger partial charge in [0.2, 0.25) is 0 Å². The maximum atomic E-state index is 12.3. The van der Waals surface area contributed by atoms with E-state index in [0.29, 0.717) is 11.1 Å². The van der Waals surface area contributed by atoms with Gasteiger partial charge >= 0.3 is 23.9 Å². The molecule has 11 nitrogen and oxygen atoms in total. The minimum Gasteiger partial charge on any atom is -0.497 e. The first-order valence-electron chi connectivity index (χ1n) is 13.1. The van der Waals surface area contributed by atoms with E-state index < -0.39 is 54.4 Å². The molecule has 1 fully saturated rings. The van der Waals surface area contributed by atoms with Gasteiger partial charge in [-0.05, 0) is 34.4 Å². The Balaban J connectivity index is 2.14. The Labute approximate surface area is 238 Å². The van der Waals surface area contributed by atoms with Crippen molar-refractivity contribution in [2.75, 3.05) is 13.7 Å². The van der Waals surface area contributed by atoms with Crippen LogP contribution < -0.4 is 4.74 Å². The lowest BCUT2D eigenvalue weighted by Gasteiger charge is -2.45. The van der Waals surface area contributed by atoms with Crippen LogP contribution in [0.5, 0.6) is 5.75 Å². The van der Waals surface area contributed by atoms with Crippen LogP contribution in [-0.4, -0.2) is 67.1 Å². The second-order valence-electron chi connectivity index (χ2n) is 9.73. The molecule has 1 N–H and O–H groups in total. The predicted molar refractivity (Wildman–Crippen MR) is 144 cm³/mol. The second-order valence-corrected chi connectivity index (χ2v) is 9.73. The first-order valence-corrected chi connectivity index (χ1v) is 13.1. The average molecular weight is 573 g/mol. The summed E-state index contributed by atoms with van der Waals surface area (Å²) in [6.45, 7) is 6.01. The first kappa shape index (κ1) is 31.6. The number of rotatable bonds is 10. The molecule has 1 aliphatic rings. The van der Waals surface area contributed by atoms with E-state index >= 15 is 0 Å². The van der Waals surface area contributed by atoms with Gasteiger partial charge in [0.05, 0.1) is 13.7 Å². The Bertz CT molecular complexity index is 1240. The summed E-state index contributed by atoms with van der Waals surface area (Å²) in [6.07, 6.45) is -6.05. The Morgan fingerprint density at radius 1 is 0.805 bits per heavy atom. The monoisotopic (exact) mass is 572 g/mol. The van der Waals surface area contributed by atoms with E-state index in [2.05, 4.69) is 0 Å². The van der Waals surface area contributed by atoms with Gasteiger partial charge in [-0.15, -0.1) is 0 Å². The van der Waals surface area contributed by atoms with E-state index in [-0.39, 0.29) is 19.1 Å². The van der Waals surface area contributed by atoms with Crippen molar-refractivity contribution in [3.05, 3.63) is 64.7 Å². The van der Waals surface area contributed by atoms with Gasteiger partial charge in [-0.3, -0.25) is 19.2 Å². The smallest absolute Gasteiger partial charge is 0.303 e. The number of hydrogen-bond donors (Lipinski definition) is 1. The molecule has 0 aromatic heterocycles. The fourth-order valence-corrected chi connectivity index (χ4v) is 4.86. The molecule has 0 aliphatic carbocycles. The Morgan fingerprint density at radius 2 is 1.37 bits per heavy atom. The number of carbonyl (C=O) groups excluding carboxylic acids is 4. The summed E-state index contributed by atoms with van der Waals surface area (Å²) in [4.78, 5) is 48.1. The zero-order valence-electron chi connectivity index (χ0n) is 23.9. The molecule has 0 spiro atoms. The molecule has 0 bridgehead atoms. The first-order chi connectivity index (χ1) is 19.4. The van der Waals surface area contributed by atoms with Crippen LogP contribution in [0, 0.1) is 0 Å². The topological polar surface area (TPSA) is 144 Å². The molecule has 1 heterocycles. The number of esters is 4. The van der Waals surface area contributed by atoms with Crippen molar-refractivity contribution in [3.8, 4) is 5.75 Å². The summed E-state index contributed by atoms with van der Waals surface area (Å²) < 4.78 is 33.4. The zero-order chi connectivity index (χ0) is 30.3. The van der Waals surface area contributed by atoms with Crippen LogP contribution >= 0.6 is 0 Å². The van der Waals surface area contributed by atoms with Crippen molar-refractivity contribution in [2.45, 2.75) is 77.7 Å². The molecule has 41 heavy (non-hydrogen) atoms. The van der Waals surface area contributed by atoms with Gasteiger partial charge in [0.15, 0.2) is 18.3 Å². The fourth-order valence-electron chi connectivity index (χ4n) is 4.86. The number of methoxy groups -OCH3 is 1. The number of aliphatic hydroxyl groups excluding tert-OH is 1. The van der Waals surface area contributed by atoms with Crippen molar-refractivity contribution in [1.29, 1.82) is 0 Å². The van der Waals surface area contributed by atoms with E-state index in [0.717, 1.165) is 30.7 Å². The largest absolute Gasteiger partial charge is 0.497 e. The fraction of sp³-hybridized carbons (Fsp3) is 0.467. The van der Waals surface area contributed by atoms with E-state index in [1.54, 1.807) is 13.2 Å². The molecule has 6 atom stereocenters. The summed E-state index contributed by atoms with van der Waals surface area (Å²) in [7, 11) is 1.59. The van der Waals surface area contributed by atoms with Crippen LogP contribution in [0.25, 0.3) is 0 Å². The van der Waals surface area contributed by atoms with Crippen LogP contribution in [0.2, 0.25) is 0 Å². The standard InChI is InChI=1S/C30H36O11/c1-16(21-9-11-24(36-6)12-10-21)22-7-8-23(14-31)25(13-22)27-29(39-19(4)34)30(40-20(5)35)28(38-18(3)33)26(41-27)15-37-17(2)32/h7-13,16,26-31H,14-15H2,1-6H3/t16?,26-,27+,28-,29+,30+/m1/s1. The average Bonchev–Trinajstić information content (AvgIpc) is 2.92. The molecular weight excluding hydrogens is 536 g/mol. The van der Waals surface area contributed by atoms with E-state index in [1.807, 2.05) is 43.3 Å². The van der Waals surface area contributed by atoms with Gasteiger partial charge < -0.3 is 33.5 Å². The molecular formula is C30H36O11. The third-order valence-electron chi connectivity index (χ3n) is 6.75. The Kier molecular flexibility index (Phi) is 10.8. The minimum absolute atomic E-state index is 0.0990. The van der Waals surface area contributed by atoms with Gasteiger partial charge in [0.1, 0.15) is 24.6 Å². The number of carbonyl (C=O) groups is 4. The highest BCUT2D eigenvalue weighted by molar-refractivity contribution is 5.69. The summed E-state index contributed by atoms with van der Waals surface area (Å²) >= 11 is 0. The molecule has 2 aromatic carbocycles. The summed E-state index contributed by atoms with van der Waals surface area (Å²) in [5.41, 5.74) is 2.78. The number of hydrogen-bond acceptors (Lipinski definition) is 11. The maximum Gasteiger partial charge on any atom is 0.303 e. The van der Waals surface area contributed by atoms with E-state index in [1.165, 1.54) is 13.8 Å².